The maximum Gasteiger partial charge on any atom is 0.315 e. The van der Waals surface area contributed by atoms with Gasteiger partial charge in [0.25, 0.3) is 0 Å². The first-order valence-electron chi connectivity index (χ1n) is 30.6. The number of hydrogen-bond donors (Lipinski definition) is 15. The Morgan fingerprint density at radius 3 is 1.76 bits per heavy atom. The van der Waals surface area contributed by atoms with E-state index >= 15 is 4.79 Å². The minimum absolute atomic E-state index is 0.119. The number of aliphatic hydroxyl groups excluding tert-OH is 15. The number of rotatable bonds is 13. The van der Waals surface area contributed by atoms with E-state index in [1.54, 1.807) is 0 Å². The van der Waals surface area contributed by atoms with Gasteiger partial charge in [0.05, 0.1) is 44.1 Å². The first kappa shape index (κ1) is 66.2. The van der Waals surface area contributed by atoms with Crippen molar-refractivity contribution >= 4 is 5.97 Å². The van der Waals surface area contributed by atoms with Crippen LogP contribution >= 0.6 is 0 Å². The fourth-order valence-corrected chi connectivity index (χ4v) is 17.5. The molecule has 5 heterocycles. The molecule has 5 aliphatic heterocycles. The lowest BCUT2D eigenvalue weighted by atomic mass is 9.33. The van der Waals surface area contributed by atoms with Crippen LogP contribution in [0, 0.1) is 50.2 Å². The summed E-state index contributed by atoms with van der Waals surface area (Å²) in [5, 5.41) is 161. The minimum Gasteiger partial charge on any atom is -0.432 e. The third-order valence-corrected chi connectivity index (χ3v) is 23.1. The summed E-state index contributed by atoms with van der Waals surface area (Å²) in [6, 6.07) is 0. The summed E-state index contributed by atoms with van der Waals surface area (Å²) in [6.45, 7) is 15.1. The van der Waals surface area contributed by atoms with Gasteiger partial charge in [0.15, 0.2) is 25.2 Å². The van der Waals surface area contributed by atoms with Gasteiger partial charge in [-0.05, 0) is 116 Å². The lowest BCUT2D eigenvalue weighted by Crippen LogP contribution is -2.66. The molecule has 9 fully saturated rings. The zero-order valence-corrected chi connectivity index (χ0v) is 49.8. The number of esters is 1. The van der Waals surface area contributed by atoms with Crippen LogP contribution in [0.15, 0.2) is 11.6 Å². The van der Waals surface area contributed by atoms with Crippen LogP contribution < -0.4 is 0 Å². The Hall–Kier alpha value is -1.75. The number of carbonyl (C=O) groups is 1. The fraction of sp³-hybridized carbons (Fsp3) is 0.949. The largest absolute Gasteiger partial charge is 0.432 e. The van der Waals surface area contributed by atoms with E-state index in [2.05, 4.69) is 54.5 Å². The van der Waals surface area contributed by atoms with E-state index in [9.17, 15) is 76.6 Å². The highest BCUT2D eigenvalue weighted by Gasteiger charge is 2.70. The second kappa shape index (κ2) is 24.4. The van der Waals surface area contributed by atoms with E-state index in [4.69, 9.17) is 47.4 Å². The molecular formula is C59H96O26. The van der Waals surface area contributed by atoms with Crippen LogP contribution in [0.2, 0.25) is 0 Å². The van der Waals surface area contributed by atoms with Crippen molar-refractivity contribution < 1.29 is 129 Å². The molecule has 4 saturated carbocycles. The maximum absolute atomic E-state index is 15.1. The maximum atomic E-state index is 15.1. The van der Waals surface area contributed by atoms with Crippen molar-refractivity contribution in [2.24, 2.45) is 50.2 Å². The molecule has 32 atom stereocenters. The monoisotopic (exact) mass is 1220 g/mol. The molecule has 0 unspecified atom stereocenters. The van der Waals surface area contributed by atoms with Gasteiger partial charge in [0, 0.05) is 0 Å². The van der Waals surface area contributed by atoms with Gasteiger partial charge in [0.1, 0.15) is 110 Å². The van der Waals surface area contributed by atoms with Crippen molar-refractivity contribution in [1.29, 1.82) is 0 Å². The van der Waals surface area contributed by atoms with Gasteiger partial charge in [-0.3, -0.25) is 4.79 Å². The summed E-state index contributed by atoms with van der Waals surface area (Å²) in [6.07, 6.45) is -29.6. The summed E-state index contributed by atoms with van der Waals surface area (Å²) in [4.78, 5) is 15.1. The molecule has 0 radical (unpaired) electrons. The molecule has 0 spiro atoms. The van der Waals surface area contributed by atoms with Gasteiger partial charge in [-0.2, -0.15) is 0 Å². The van der Waals surface area contributed by atoms with Crippen molar-refractivity contribution in [1.82, 2.24) is 0 Å². The third-order valence-electron chi connectivity index (χ3n) is 23.1. The average Bonchev–Trinajstić information content (AvgIpc) is 0.688. The molecule has 0 bridgehead atoms. The Balaban J connectivity index is 0.839. The van der Waals surface area contributed by atoms with Crippen molar-refractivity contribution in [3.8, 4) is 0 Å². The number of aliphatic hydroxyl groups is 15. The van der Waals surface area contributed by atoms with E-state index in [1.165, 1.54) is 12.5 Å². The summed E-state index contributed by atoms with van der Waals surface area (Å²) < 4.78 is 59.7. The first-order valence-corrected chi connectivity index (χ1v) is 30.6. The second-order valence-electron chi connectivity index (χ2n) is 28.7. The Morgan fingerprint density at radius 2 is 1.12 bits per heavy atom. The number of ether oxygens (including phenoxy) is 10. The summed E-state index contributed by atoms with van der Waals surface area (Å²) in [5.74, 6) is -0.517. The molecule has 26 nitrogen and oxygen atoms in total. The van der Waals surface area contributed by atoms with E-state index in [0.29, 0.717) is 38.5 Å². The lowest BCUT2D eigenvalue weighted by molar-refractivity contribution is -0.382. The Morgan fingerprint density at radius 1 is 0.553 bits per heavy atom. The molecular weight excluding hydrogens is 1120 g/mol. The molecule has 10 rings (SSSR count). The van der Waals surface area contributed by atoms with E-state index in [-0.39, 0.29) is 46.0 Å². The fourth-order valence-electron chi connectivity index (χ4n) is 17.5. The second-order valence-corrected chi connectivity index (χ2v) is 28.7. The summed E-state index contributed by atoms with van der Waals surface area (Å²) >= 11 is 0. The number of allylic oxidation sites excluding steroid dienone is 2. The van der Waals surface area contributed by atoms with Crippen molar-refractivity contribution in [2.75, 3.05) is 26.4 Å². The lowest BCUT2D eigenvalue weighted by Gasteiger charge is -2.71. The van der Waals surface area contributed by atoms with E-state index < -0.39 is 190 Å². The van der Waals surface area contributed by atoms with Gasteiger partial charge in [-0.1, -0.05) is 60.1 Å². The molecule has 488 valence electrons. The predicted molar refractivity (Wildman–Crippen MR) is 288 cm³/mol. The first-order chi connectivity index (χ1) is 39.8. The average molecular weight is 1220 g/mol. The zero-order valence-electron chi connectivity index (χ0n) is 49.8. The van der Waals surface area contributed by atoms with Gasteiger partial charge < -0.3 is 124 Å². The van der Waals surface area contributed by atoms with Crippen molar-refractivity contribution in [2.45, 2.75) is 273 Å². The molecule has 15 N–H and O–H groups in total. The van der Waals surface area contributed by atoms with Crippen LogP contribution in [-0.4, -0.2) is 263 Å². The topological polar surface area (TPSA) is 413 Å². The predicted octanol–water partition coefficient (Wildman–Crippen LogP) is -2.54. The SMILES string of the molecule is C[C@@H]1O[C@@H](O[C@H]2[C@H](O[C@H]3CC[C@]4(C)[C@H]5CC=C6[C@@H]7CC(C)(C)CC[C@]7(C(=O)O[C@@H]7O[C@H](CO[C@@H]8O[C@H](CO)[C@@H](O)[C@H](O)[C@H]8O)[C@@H](O)[C@H](O)[C@H]7O)CC[C@@]6(C)[C@]5(C)CC[C@H]4C3(C)C)OC[C@@H](O)[C@@H]2O)[C@H](O)[C@H](O[C@@H]2O[C@H](CO)[C@@H](O)[C@H](O)[C@H]2O)[C@H]1O. The molecule has 5 saturated heterocycles. The van der Waals surface area contributed by atoms with Gasteiger partial charge >= 0.3 is 5.97 Å². The molecule has 5 aliphatic carbocycles. The quantitative estimate of drug-likeness (QED) is 0.0513. The highest BCUT2D eigenvalue weighted by Crippen LogP contribution is 2.76. The van der Waals surface area contributed by atoms with E-state index in [1.807, 2.05) is 0 Å². The molecule has 26 heteroatoms. The van der Waals surface area contributed by atoms with Crippen LogP contribution in [0.1, 0.15) is 120 Å². The number of fused-ring (bicyclic) bond motifs is 7. The third kappa shape index (κ3) is 11.2. The van der Waals surface area contributed by atoms with Gasteiger partial charge in [-0.25, -0.2) is 0 Å². The zero-order chi connectivity index (χ0) is 62.0. The Labute approximate surface area is 494 Å². The molecule has 0 aromatic carbocycles. The normalized spacial score (nSPS) is 54.1. The van der Waals surface area contributed by atoms with Crippen LogP contribution in [0.4, 0.5) is 0 Å². The molecule has 0 aromatic heterocycles. The van der Waals surface area contributed by atoms with Crippen LogP contribution in [0.3, 0.4) is 0 Å². The summed E-state index contributed by atoms with van der Waals surface area (Å²) in [7, 11) is 0. The standard InChI is InChI=1S/C59H96O26/c1-24-34(63)46(83-49-43(72)40(69)37(66)29(21-61)80-49)45(74)51(78-24)84-47-35(64)27(62)22-76-52(47)82-33-12-13-56(6)31(55(33,4)5)11-14-58(8)32(56)10-9-25-26-19-54(2,3)15-17-59(26,18-16-57(25,58)7)53(75)85-50-44(73)41(70)38(67)30(81-50)23-77-48-42(71)39(68)36(65)28(20-60)79-48/h9,24,26-52,60-74H,10-23H2,1-8H3/t24-,26-,27+,28+,29+,30+,31-,32+,33-,34-,35-,36+,37+,38+,39-,40-,41-,42+,43+,44+,45+,46+,47+,48+,49-,50-,51-,52-,56-,57+,58+,59-/m0/s1. The number of carbonyl (C=O) groups excluding carboxylic acids is 1. The van der Waals surface area contributed by atoms with Crippen LogP contribution in [0.25, 0.3) is 0 Å². The minimum atomic E-state index is -1.85. The molecule has 0 aromatic rings. The smallest absolute Gasteiger partial charge is 0.315 e. The van der Waals surface area contributed by atoms with Crippen molar-refractivity contribution in [3.63, 3.8) is 0 Å². The van der Waals surface area contributed by atoms with Crippen LogP contribution in [0.5, 0.6) is 0 Å². The van der Waals surface area contributed by atoms with Gasteiger partial charge in [-0.15, -0.1) is 0 Å². The Kier molecular flexibility index (Phi) is 19.0. The summed E-state index contributed by atoms with van der Waals surface area (Å²) in [5.41, 5.74) is -1.26. The van der Waals surface area contributed by atoms with Crippen molar-refractivity contribution in [3.05, 3.63) is 11.6 Å². The molecule has 10 aliphatic rings. The molecule has 0 amide bonds. The van der Waals surface area contributed by atoms with E-state index in [0.717, 1.165) is 25.7 Å². The van der Waals surface area contributed by atoms with Gasteiger partial charge in [0.2, 0.25) is 6.29 Å². The molecule has 85 heavy (non-hydrogen) atoms. The number of hydrogen-bond acceptors (Lipinski definition) is 26. The highest BCUT2D eigenvalue weighted by molar-refractivity contribution is 5.79. The highest BCUT2D eigenvalue weighted by atomic mass is 16.8. The van der Waals surface area contributed by atoms with Crippen LogP contribution in [-0.2, 0) is 52.2 Å². The Bertz CT molecular complexity index is 2360.